The van der Waals surface area contributed by atoms with Gasteiger partial charge in [-0.15, -0.1) is 12.4 Å². The summed E-state index contributed by atoms with van der Waals surface area (Å²) in [4.78, 5) is 16.9. The third kappa shape index (κ3) is 6.13. The van der Waals surface area contributed by atoms with Crippen molar-refractivity contribution >= 4 is 18.3 Å². The zero-order chi connectivity index (χ0) is 15.2. The summed E-state index contributed by atoms with van der Waals surface area (Å²) in [6.45, 7) is 13.5. The number of hydrogen-bond donors (Lipinski definition) is 1. The molecule has 4 nitrogen and oxygen atoms in total. The predicted octanol–water partition coefficient (Wildman–Crippen LogP) is 2.51. The maximum atomic E-state index is 12.4. The highest BCUT2D eigenvalue weighted by Gasteiger charge is 2.33. The van der Waals surface area contributed by atoms with Gasteiger partial charge >= 0.3 is 0 Å². The van der Waals surface area contributed by atoms with Gasteiger partial charge in [-0.25, -0.2) is 0 Å². The number of likely N-dealkylation sites (tertiary alicyclic amines) is 1. The predicted molar refractivity (Wildman–Crippen MR) is 91.8 cm³/mol. The van der Waals surface area contributed by atoms with Crippen LogP contribution in [0.5, 0.6) is 0 Å². The topological polar surface area (TPSA) is 49.6 Å². The van der Waals surface area contributed by atoms with Gasteiger partial charge in [-0.3, -0.25) is 4.79 Å². The van der Waals surface area contributed by atoms with Crippen molar-refractivity contribution in [1.29, 1.82) is 0 Å². The summed E-state index contributed by atoms with van der Waals surface area (Å²) in [7, 11) is 0. The molecule has 0 spiro atoms. The summed E-state index contributed by atoms with van der Waals surface area (Å²) in [6.07, 6.45) is 3.96. The highest BCUT2D eigenvalue weighted by atomic mass is 35.5. The van der Waals surface area contributed by atoms with Crippen LogP contribution >= 0.6 is 12.4 Å². The van der Waals surface area contributed by atoms with Gasteiger partial charge in [0.25, 0.3) is 0 Å². The first kappa shape index (κ1) is 20.7. The summed E-state index contributed by atoms with van der Waals surface area (Å²) >= 11 is 0. The van der Waals surface area contributed by atoms with Gasteiger partial charge in [-0.2, -0.15) is 0 Å². The van der Waals surface area contributed by atoms with Crippen LogP contribution in [0.4, 0.5) is 0 Å². The fourth-order valence-corrected chi connectivity index (χ4v) is 3.15. The van der Waals surface area contributed by atoms with Crippen LogP contribution in [-0.4, -0.2) is 54.0 Å². The van der Waals surface area contributed by atoms with E-state index in [0.717, 1.165) is 57.8 Å². The summed E-state index contributed by atoms with van der Waals surface area (Å²) in [5.41, 5.74) is 5.48. The summed E-state index contributed by atoms with van der Waals surface area (Å²) in [6, 6.07) is 0. The number of piperidine rings is 1. The minimum atomic E-state index is -0.680. The van der Waals surface area contributed by atoms with Crippen LogP contribution in [0.1, 0.15) is 53.4 Å². The van der Waals surface area contributed by atoms with Crippen molar-refractivity contribution in [3.8, 4) is 0 Å². The van der Waals surface area contributed by atoms with Gasteiger partial charge < -0.3 is 15.5 Å². The normalized spacial score (nSPS) is 19.2. The second-order valence-electron chi connectivity index (χ2n) is 6.39. The van der Waals surface area contributed by atoms with Crippen molar-refractivity contribution in [2.24, 2.45) is 11.7 Å². The van der Waals surface area contributed by atoms with E-state index in [4.69, 9.17) is 5.73 Å². The lowest BCUT2D eigenvalue weighted by atomic mass is 9.91. The Kier molecular flexibility index (Phi) is 9.50. The monoisotopic (exact) mass is 319 g/mol. The molecule has 0 aliphatic carbocycles. The van der Waals surface area contributed by atoms with Crippen molar-refractivity contribution in [2.75, 3.05) is 32.7 Å². The fourth-order valence-electron chi connectivity index (χ4n) is 3.15. The smallest absolute Gasteiger partial charge is 0.242 e. The zero-order valence-corrected chi connectivity index (χ0v) is 15.0. The van der Waals surface area contributed by atoms with Gasteiger partial charge in [0.1, 0.15) is 0 Å². The van der Waals surface area contributed by atoms with Crippen LogP contribution in [0.2, 0.25) is 0 Å². The van der Waals surface area contributed by atoms with E-state index in [0.29, 0.717) is 0 Å². The van der Waals surface area contributed by atoms with Gasteiger partial charge in [-0.1, -0.05) is 27.2 Å². The lowest BCUT2D eigenvalue weighted by Crippen LogP contribution is -2.55. The summed E-state index contributed by atoms with van der Waals surface area (Å²) in [5, 5.41) is 0. The Morgan fingerprint density at radius 2 is 1.76 bits per heavy atom. The molecule has 1 aliphatic heterocycles. The van der Waals surface area contributed by atoms with Crippen molar-refractivity contribution in [2.45, 2.75) is 58.9 Å². The fraction of sp³-hybridized carbons (Fsp3) is 0.938. The van der Waals surface area contributed by atoms with E-state index in [1.165, 1.54) is 6.54 Å². The molecule has 1 atom stereocenters. The van der Waals surface area contributed by atoms with Crippen molar-refractivity contribution in [1.82, 2.24) is 9.80 Å². The zero-order valence-electron chi connectivity index (χ0n) is 14.2. The minimum absolute atomic E-state index is 0. The highest BCUT2D eigenvalue weighted by Crippen LogP contribution is 2.21. The van der Waals surface area contributed by atoms with Crippen molar-refractivity contribution in [3.63, 3.8) is 0 Å². The number of hydrogen-bond acceptors (Lipinski definition) is 3. The summed E-state index contributed by atoms with van der Waals surface area (Å²) < 4.78 is 0. The lowest BCUT2D eigenvalue weighted by molar-refractivity contribution is -0.138. The maximum Gasteiger partial charge on any atom is 0.242 e. The number of halogens is 1. The van der Waals surface area contributed by atoms with Crippen LogP contribution < -0.4 is 5.73 Å². The molecule has 1 rings (SSSR count). The van der Waals surface area contributed by atoms with Gasteiger partial charge in [0.2, 0.25) is 5.91 Å². The Labute approximate surface area is 136 Å². The molecule has 21 heavy (non-hydrogen) atoms. The van der Waals surface area contributed by atoms with Gasteiger partial charge in [0.05, 0.1) is 5.54 Å². The standard InChI is InChI=1S/C16H33N3O.ClH/c1-5-10-16(4,17)15(20)19-11-8-14(9-12-19)13-18(6-2)7-3;/h14H,5-13,17H2,1-4H3;1H. The van der Waals surface area contributed by atoms with Gasteiger partial charge in [-0.05, 0) is 45.2 Å². The molecule has 0 aromatic heterocycles. The molecule has 0 radical (unpaired) electrons. The van der Waals surface area contributed by atoms with Crippen molar-refractivity contribution in [3.05, 3.63) is 0 Å². The quantitative estimate of drug-likeness (QED) is 0.784. The molecule has 0 aromatic rings. The maximum absolute atomic E-state index is 12.4. The number of amides is 1. The highest BCUT2D eigenvalue weighted by molar-refractivity contribution is 5.86. The van der Waals surface area contributed by atoms with Crippen LogP contribution in [0.3, 0.4) is 0 Å². The molecule has 1 amide bonds. The molecule has 1 unspecified atom stereocenters. The van der Waals surface area contributed by atoms with E-state index in [1.807, 2.05) is 11.8 Å². The second kappa shape index (κ2) is 9.65. The van der Waals surface area contributed by atoms with E-state index in [9.17, 15) is 4.79 Å². The number of carbonyl (C=O) groups excluding carboxylic acids is 1. The minimum Gasteiger partial charge on any atom is -0.341 e. The molecule has 1 aliphatic rings. The largest absolute Gasteiger partial charge is 0.341 e. The Morgan fingerprint density at radius 1 is 1.24 bits per heavy atom. The molecular formula is C16H34ClN3O. The molecule has 1 saturated heterocycles. The molecule has 0 aromatic carbocycles. The first-order valence-electron chi connectivity index (χ1n) is 8.25. The summed E-state index contributed by atoms with van der Waals surface area (Å²) in [5.74, 6) is 0.870. The van der Waals surface area contributed by atoms with Gasteiger partial charge in [0.15, 0.2) is 0 Å². The molecule has 0 bridgehead atoms. The molecular weight excluding hydrogens is 286 g/mol. The number of carbonyl (C=O) groups is 1. The van der Waals surface area contributed by atoms with Crippen LogP contribution in [0.15, 0.2) is 0 Å². The molecule has 0 saturated carbocycles. The SMILES string of the molecule is CCCC(C)(N)C(=O)N1CCC(CN(CC)CC)CC1.Cl. The van der Waals surface area contributed by atoms with E-state index >= 15 is 0 Å². The second-order valence-corrected chi connectivity index (χ2v) is 6.39. The Bertz CT molecular complexity index is 298. The average molecular weight is 320 g/mol. The molecule has 1 fully saturated rings. The van der Waals surface area contributed by atoms with Gasteiger partial charge in [0, 0.05) is 19.6 Å². The van der Waals surface area contributed by atoms with E-state index in [2.05, 4.69) is 25.7 Å². The van der Waals surface area contributed by atoms with E-state index in [1.54, 1.807) is 0 Å². The first-order valence-corrected chi connectivity index (χ1v) is 8.25. The Hall–Kier alpha value is -0.320. The Morgan fingerprint density at radius 3 is 2.19 bits per heavy atom. The van der Waals surface area contributed by atoms with Crippen LogP contribution in [0, 0.1) is 5.92 Å². The van der Waals surface area contributed by atoms with Crippen LogP contribution in [0.25, 0.3) is 0 Å². The number of nitrogens with two attached hydrogens (primary N) is 1. The lowest BCUT2D eigenvalue weighted by Gasteiger charge is -2.38. The average Bonchev–Trinajstić information content (AvgIpc) is 2.44. The van der Waals surface area contributed by atoms with Crippen molar-refractivity contribution < 1.29 is 4.79 Å². The van der Waals surface area contributed by atoms with Crippen LogP contribution in [-0.2, 0) is 4.79 Å². The Balaban J connectivity index is 0.00000400. The molecule has 1 heterocycles. The number of nitrogens with zero attached hydrogens (tertiary/aromatic N) is 2. The molecule has 2 N–H and O–H groups in total. The third-order valence-electron chi connectivity index (χ3n) is 4.57. The molecule has 126 valence electrons. The first-order chi connectivity index (χ1) is 9.44. The third-order valence-corrected chi connectivity index (χ3v) is 4.57. The number of rotatable bonds is 7. The van der Waals surface area contributed by atoms with E-state index < -0.39 is 5.54 Å². The van der Waals surface area contributed by atoms with E-state index in [-0.39, 0.29) is 18.3 Å². The molecule has 5 heteroatoms.